The lowest BCUT2D eigenvalue weighted by Gasteiger charge is -2.03. The fourth-order valence-electron chi connectivity index (χ4n) is 2.32. The van der Waals surface area contributed by atoms with Crippen LogP contribution in [0.15, 0.2) is 24.3 Å². The van der Waals surface area contributed by atoms with Gasteiger partial charge in [0.25, 0.3) is 0 Å². The van der Waals surface area contributed by atoms with E-state index in [1.54, 1.807) is 0 Å². The third kappa shape index (κ3) is 8.77. The summed E-state index contributed by atoms with van der Waals surface area (Å²) in [6.45, 7) is 0.0867. The molecule has 1 rings (SSSR count). The summed E-state index contributed by atoms with van der Waals surface area (Å²) >= 11 is 0. The summed E-state index contributed by atoms with van der Waals surface area (Å²) in [5, 5.41) is 10.3. The number of unbranched alkanes of at least 4 members (excludes halogenated alkanes) is 8. The summed E-state index contributed by atoms with van der Waals surface area (Å²) in [4.78, 5) is 0. The summed E-state index contributed by atoms with van der Waals surface area (Å²) in [5.41, 5.74) is 1.24. The minimum atomic E-state index is -0.152. The Bertz CT molecular complexity index is 308. The van der Waals surface area contributed by atoms with Crippen LogP contribution in [0.2, 0.25) is 0 Å². The van der Waals surface area contributed by atoms with Crippen molar-refractivity contribution in [2.75, 3.05) is 6.61 Å². The average molecular weight is 265 g/mol. The van der Waals surface area contributed by atoms with Crippen LogP contribution in [0.1, 0.15) is 63.4 Å². The molecule has 0 heterocycles. The number of aryl methyl sites for hydroxylation is 1. The Kier molecular flexibility index (Phi) is 9.34. The molecule has 0 spiro atoms. The van der Waals surface area contributed by atoms with E-state index in [0.717, 1.165) is 19.3 Å². The van der Waals surface area contributed by atoms with E-state index in [0.29, 0.717) is 0 Å². The summed E-state index contributed by atoms with van der Waals surface area (Å²) < 4.78 is 12.7. The van der Waals surface area contributed by atoms with Crippen molar-refractivity contribution in [3.8, 4) is 0 Å². The Hall–Kier alpha value is -0.890. The van der Waals surface area contributed by atoms with E-state index < -0.39 is 0 Å². The summed E-state index contributed by atoms with van der Waals surface area (Å²) in [6.07, 6.45) is 11.9. The van der Waals surface area contributed by atoms with E-state index in [1.807, 2.05) is 12.1 Å². The minimum Gasteiger partial charge on any atom is -0.237 e. The van der Waals surface area contributed by atoms with E-state index in [-0.39, 0.29) is 12.4 Å². The van der Waals surface area contributed by atoms with Crippen LogP contribution in [-0.4, -0.2) is 6.61 Å². The molecule has 0 fully saturated rings. The SMILES string of the molecule is [O]CCCCCCCCCCCc1ccc(F)cc1. The van der Waals surface area contributed by atoms with Crippen LogP contribution < -0.4 is 0 Å². The first-order valence-electron chi connectivity index (χ1n) is 7.65. The molecule has 0 amide bonds. The predicted octanol–water partition coefficient (Wildman–Crippen LogP) is 5.31. The van der Waals surface area contributed by atoms with Gasteiger partial charge in [0.1, 0.15) is 5.82 Å². The van der Waals surface area contributed by atoms with Gasteiger partial charge < -0.3 is 0 Å². The molecule has 0 aliphatic rings. The van der Waals surface area contributed by atoms with Crippen molar-refractivity contribution < 1.29 is 9.50 Å². The maximum Gasteiger partial charge on any atom is 0.123 e. The third-order valence-corrected chi connectivity index (χ3v) is 3.52. The Balaban J connectivity index is 1.87. The summed E-state index contributed by atoms with van der Waals surface area (Å²) in [7, 11) is 0. The zero-order valence-electron chi connectivity index (χ0n) is 11.9. The molecule has 0 aliphatic carbocycles. The van der Waals surface area contributed by atoms with E-state index in [2.05, 4.69) is 0 Å². The molecule has 107 valence electrons. The third-order valence-electron chi connectivity index (χ3n) is 3.52. The van der Waals surface area contributed by atoms with Crippen molar-refractivity contribution in [1.29, 1.82) is 0 Å². The molecule has 1 aromatic rings. The van der Waals surface area contributed by atoms with Crippen LogP contribution in [0, 0.1) is 5.82 Å². The smallest absolute Gasteiger partial charge is 0.123 e. The molecule has 0 unspecified atom stereocenters. The molecule has 0 saturated carbocycles. The second kappa shape index (κ2) is 11.0. The minimum absolute atomic E-state index is 0.0867. The van der Waals surface area contributed by atoms with Crippen molar-refractivity contribution in [3.05, 3.63) is 35.6 Å². The summed E-state index contributed by atoms with van der Waals surface area (Å²) in [6, 6.07) is 6.84. The van der Waals surface area contributed by atoms with Crippen LogP contribution in [0.4, 0.5) is 4.39 Å². The highest BCUT2D eigenvalue weighted by Gasteiger charge is 1.95. The predicted molar refractivity (Wildman–Crippen MR) is 77.2 cm³/mol. The van der Waals surface area contributed by atoms with Gasteiger partial charge in [-0.1, -0.05) is 57.1 Å². The van der Waals surface area contributed by atoms with Crippen LogP contribution in [0.5, 0.6) is 0 Å². The lowest BCUT2D eigenvalue weighted by Crippen LogP contribution is -1.87. The standard InChI is InChI=1S/C17H26FO/c18-17-13-11-16(12-14-17)10-8-6-4-2-1-3-5-7-9-15-19/h11-14H,1-10,15H2. The van der Waals surface area contributed by atoms with Gasteiger partial charge in [0, 0.05) is 0 Å². The van der Waals surface area contributed by atoms with Gasteiger partial charge in [-0.15, -0.1) is 0 Å². The number of hydrogen-bond donors (Lipinski definition) is 0. The van der Waals surface area contributed by atoms with Crippen molar-refractivity contribution >= 4 is 0 Å². The average Bonchev–Trinajstić information content (AvgIpc) is 2.43. The highest BCUT2D eigenvalue weighted by molar-refractivity contribution is 5.15. The Morgan fingerprint density at radius 2 is 1.16 bits per heavy atom. The zero-order valence-corrected chi connectivity index (χ0v) is 11.9. The van der Waals surface area contributed by atoms with E-state index in [4.69, 9.17) is 0 Å². The summed E-state index contributed by atoms with van der Waals surface area (Å²) in [5.74, 6) is -0.152. The van der Waals surface area contributed by atoms with Crippen molar-refractivity contribution in [2.45, 2.75) is 64.2 Å². The van der Waals surface area contributed by atoms with Gasteiger partial charge in [0.15, 0.2) is 0 Å². The molecule has 0 bridgehead atoms. The topological polar surface area (TPSA) is 19.9 Å². The van der Waals surface area contributed by atoms with Gasteiger partial charge >= 0.3 is 0 Å². The maximum atomic E-state index is 12.7. The first-order chi connectivity index (χ1) is 9.33. The Morgan fingerprint density at radius 3 is 1.68 bits per heavy atom. The molecule has 0 atom stereocenters. The fourth-order valence-corrected chi connectivity index (χ4v) is 2.32. The highest BCUT2D eigenvalue weighted by atomic mass is 19.1. The lowest BCUT2D eigenvalue weighted by molar-refractivity contribution is 0.186. The molecular formula is C17H26FO. The largest absolute Gasteiger partial charge is 0.237 e. The zero-order chi connectivity index (χ0) is 13.8. The molecular weight excluding hydrogens is 239 g/mol. The normalized spacial score (nSPS) is 10.8. The van der Waals surface area contributed by atoms with Gasteiger partial charge in [-0.2, -0.15) is 0 Å². The molecule has 0 aromatic heterocycles. The van der Waals surface area contributed by atoms with Crippen LogP contribution >= 0.6 is 0 Å². The van der Waals surface area contributed by atoms with Gasteiger partial charge in [0.2, 0.25) is 0 Å². The fraction of sp³-hybridized carbons (Fsp3) is 0.647. The van der Waals surface area contributed by atoms with E-state index in [1.165, 1.54) is 62.6 Å². The molecule has 19 heavy (non-hydrogen) atoms. The van der Waals surface area contributed by atoms with Gasteiger partial charge in [0.05, 0.1) is 6.61 Å². The molecule has 0 aliphatic heterocycles. The quantitative estimate of drug-likeness (QED) is 0.483. The highest BCUT2D eigenvalue weighted by Crippen LogP contribution is 2.12. The van der Waals surface area contributed by atoms with Crippen molar-refractivity contribution in [2.24, 2.45) is 0 Å². The van der Waals surface area contributed by atoms with Gasteiger partial charge in [-0.3, -0.25) is 0 Å². The number of hydrogen-bond acceptors (Lipinski definition) is 0. The van der Waals surface area contributed by atoms with Gasteiger partial charge in [-0.05, 0) is 37.0 Å². The monoisotopic (exact) mass is 265 g/mol. The van der Waals surface area contributed by atoms with Crippen molar-refractivity contribution in [1.82, 2.24) is 0 Å². The Morgan fingerprint density at radius 1 is 0.684 bits per heavy atom. The lowest BCUT2D eigenvalue weighted by atomic mass is 10.0. The second-order valence-electron chi connectivity index (χ2n) is 5.26. The second-order valence-corrected chi connectivity index (χ2v) is 5.26. The van der Waals surface area contributed by atoms with Gasteiger partial charge in [-0.25, -0.2) is 9.50 Å². The molecule has 0 N–H and O–H groups in total. The molecule has 1 nitrogen and oxygen atoms in total. The van der Waals surface area contributed by atoms with Crippen LogP contribution in [0.25, 0.3) is 0 Å². The van der Waals surface area contributed by atoms with Crippen LogP contribution in [-0.2, 0) is 11.5 Å². The maximum absolute atomic E-state index is 12.7. The first kappa shape index (κ1) is 16.2. The number of benzene rings is 1. The van der Waals surface area contributed by atoms with Crippen molar-refractivity contribution in [3.63, 3.8) is 0 Å². The molecule has 2 heteroatoms. The first-order valence-corrected chi connectivity index (χ1v) is 7.65. The van der Waals surface area contributed by atoms with E-state index >= 15 is 0 Å². The number of halogens is 1. The molecule has 1 radical (unpaired) electrons. The molecule has 0 saturated heterocycles. The van der Waals surface area contributed by atoms with Crippen LogP contribution in [0.3, 0.4) is 0 Å². The van der Waals surface area contributed by atoms with E-state index in [9.17, 15) is 9.50 Å². The number of rotatable bonds is 11. The Labute approximate surface area is 116 Å². The molecule has 1 aromatic carbocycles.